The van der Waals surface area contributed by atoms with Crippen LogP contribution >= 0.6 is 0 Å². The van der Waals surface area contributed by atoms with Crippen molar-refractivity contribution in [2.45, 2.75) is 0 Å². The maximum Gasteiger partial charge on any atom is 0.0544 e. The van der Waals surface area contributed by atoms with E-state index in [0.717, 1.165) is 33.6 Å². The monoisotopic (exact) mass is 373 g/mol. The second-order valence-electron chi connectivity index (χ2n) is 6.83. The zero-order valence-corrected chi connectivity index (χ0v) is 15.8. The fourth-order valence-corrected chi connectivity index (χ4v) is 3.76. The molecule has 3 heterocycles. The minimum Gasteiger partial charge on any atom is -0.353 e. The molecule has 0 aliphatic heterocycles. The molecule has 0 aliphatic carbocycles. The third-order valence-electron chi connectivity index (χ3n) is 5.06. The van der Waals surface area contributed by atoms with Crippen LogP contribution in [0, 0.1) is 0 Å². The fourth-order valence-electron chi connectivity index (χ4n) is 3.76. The Morgan fingerprint density at radius 2 is 0.793 bits per heavy atom. The van der Waals surface area contributed by atoms with Crippen molar-refractivity contribution in [3.8, 4) is 44.8 Å². The molecule has 0 aliphatic rings. The highest BCUT2D eigenvalue weighted by Crippen LogP contribution is 2.45. The Morgan fingerprint density at radius 3 is 1.17 bits per heavy atom. The van der Waals surface area contributed by atoms with Gasteiger partial charge < -0.3 is 4.98 Å². The molecule has 3 heteroatoms. The number of rotatable bonds is 4. The third kappa shape index (κ3) is 3.23. The minimum atomic E-state index is 1.10. The van der Waals surface area contributed by atoms with E-state index in [-0.39, 0.29) is 0 Å². The second kappa shape index (κ2) is 7.56. The molecule has 0 saturated carbocycles. The summed E-state index contributed by atoms with van der Waals surface area (Å²) in [5, 5.41) is 0. The van der Waals surface area contributed by atoms with Gasteiger partial charge in [0.1, 0.15) is 0 Å². The van der Waals surface area contributed by atoms with Crippen LogP contribution in [-0.2, 0) is 0 Å². The second-order valence-corrected chi connectivity index (χ2v) is 6.83. The molecule has 0 bridgehead atoms. The summed E-state index contributed by atoms with van der Waals surface area (Å²) >= 11 is 0. The molecule has 0 radical (unpaired) electrons. The van der Waals surface area contributed by atoms with Crippen molar-refractivity contribution >= 4 is 0 Å². The molecule has 138 valence electrons. The Hall–Kier alpha value is -3.98. The SMILES string of the molecule is c1ccc(-c2[nH]c(-c3ccccc3)c(-c3ccncc3)c2-c2ccncc2)cc1. The standard InChI is InChI=1S/C26H19N3/c1-3-7-21(8-4-1)25-23(19-11-15-27-16-12-19)24(20-13-17-28-18-14-20)26(29-25)22-9-5-2-6-10-22/h1-18,29H. The van der Waals surface area contributed by atoms with Gasteiger partial charge in [-0.25, -0.2) is 0 Å². The summed E-state index contributed by atoms with van der Waals surface area (Å²) in [6.07, 6.45) is 7.37. The lowest BCUT2D eigenvalue weighted by Crippen LogP contribution is -1.86. The molecular weight excluding hydrogens is 354 g/mol. The zero-order valence-electron chi connectivity index (χ0n) is 15.8. The van der Waals surface area contributed by atoms with Crippen molar-refractivity contribution < 1.29 is 0 Å². The van der Waals surface area contributed by atoms with Gasteiger partial charge in [0.25, 0.3) is 0 Å². The maximum atomic E-state index is 4.22. The van der Waals surface area contributed by atoms with Gasteiger partial charge in [0.15, 0.2) is 0 Å². The number of hydrogen-bond acceptors (Lipinski definition) is 2. The van der Waals surface area contributed by atoms with Crippen LogP contribution in [0.1, 0.15) is 0 Å². The van der Waals surface area contributed by atoms with E-state index >= 15 is 0 Å². The van der Waals surface area contributed by atoms with Crippen LogP contribution in [0.25, 0.3) is 44.8 Å². The van der Waals surface area contributed by atoms with E-state index in [4.69, 9.17) is 0 Å². The van der Waals surface area contributed by atoms with Crippen LogP contribution < -0.4 is 0 Å². The molecule has 0 saturated heterocycles. The summed E-state index contributed by atoms with van der Waals surface area (Å²) in [4.78, 5) is 12.2. The predicted octanol–water partition coefficient (Wildman–Crippen LogP) is 6.47. The number of nitrogens with zero attached hydrogens (tertiary/aromatic N) is 2. The average molecular weight is 373 g/mol. The smallest absolute Gasteiger partial charge is 0.0544 e. The van der Waals surface area contributed by atoms with Crippen LogP contribution in [0.15, 0.2) is 110 Å². The number of nitrogens with one attached hydrogen (secondary N) is 1. The highest BCUT2D eigenvalue weighted by Gasteiger charge is 2.22. The number of aromatic amines is 1. The molecule has 0 fully saturated rings. The first-order chi connectivity index (χ1) is 14.4. The van der Waals surface area contributed by atoms with Gasteiger partial charge in [-0.05, 0) is 46.5 Å². The summed E-state index contributed by atoms with van der Waals surface area (Å²) in [5.41, 5.74) is 9.10. The molecule has 5 aromatic rings. The number of hydrogen-bond donors (Lipinski definition) is 1. The van der Waals surface area contributed by atoms with Gasteiger partial charge in [-0.15, -0.1) is 0 Å². The van der Waals surface area contributed by atoms with Gasteiger partial charge in [-0.3, -0.25) is 9.97 Å². The molecule has 0 spiro atoms. The highest BCUT2D eigenvalue weighted by molar-refractivity contribution is 6.01. The molecule has 0 unspecified atom stereocenters. The first kappa shape index (κ1) is 17.1. The summed E-state index contributed by atoms with van der Waals surface area (Å²) in [7, 11) is 0. The van der Waals surface area contributed by atoms with Crippen LogP contribution in [0.2, 0.25) is 0 Å². The van der Waals surface area contributed by atoms with Gasteiger partial charge in [0.2, 0.25) is 0 Å². The molecule has 1 N–H and O–H groups in total. The number of aromatic nitrogens is 3. The van der Waals surface area contributed by atoms with Crippen molar-refractivity contribution in [1.29, 1.82) is 0 Å². The predicted molar refractivity (Wildman–Crippen MR) is 118 cm³/mol. The maximum absolute atomic E-state index is 4.22. The summed E-state index contributed by atoms with van der Waals surface area (Å²) in [6, 6.07) is 29.2. The Labute approximate surface area is 169 Å². The Kier molecular flexibility index (Phi) is 4.47. The van der Waals surface area contributed by atoms with E-state index in [1.807, 2.05) is 36.9 Å². The summed E-state index contributed by atoms with van der Waals surface area (Å²) < 4.78 is 0. The molecule has 0 amide bonds. The van der Waals surface area contributed by atoms with Crippen LogP contribution in [-0.4, -0.2) is 15.0 Å². The minimum absolute atomic E-state index is 1.10. The largest absolute Gasteiger partial charge is 0.353 e. The quantitative estimate of drug-likeness (QED) is 0.392. The van der Waals surface area contributed by atoms with Crippen molar-refractivity contribution in [3.63, 3.8) is 0 Å². The first-order valence-corrected chi connectivity index (χ1v) is 9.59. The number of benzene rings is 2. The number of pyridine rings is 2. The Morgan fingerprint density at radius 1 is 0.414 bits per heavy atom. The van der Waals surface area contributed by atoms with Crippen molar-refractivity contribution in [2.24, 2.45) is 0 Å². The van der Waals surface area contributed by atoms with E-state index in [1.165, 1.54) is 11.1 Å². The van der Waals surface area contributed by atoms with Gasteiger partial charge in [0, 0.05) is 35.9 Å². The van der Waals surface area contributed by atoms with Crippen molar-refractivity contribution in [3.05, 3.63) is 110 Å². The Balaban J connectivity index is 1.89. The number of H-pyrrole nitrogens is 1. The topological polar surface area (TPSA) is 41.6 Å². The van der Waals surface area contributed by atoms with Gasteiger partial charge >= 0.3 is 0 Å². The lowest BCUT2D eigenvalue weighted by atomic mass is 9.92. The van der Waals surface area contributed by atoms with Crippen LogP contribution in [0.4, 0.5) is 0 Å². The van der Waals surface area contributed by atoms with E-state index in [9.17, 15) is 0 Å². The molecule has 3 aromatic heterocycles. The van der Waals surface area contributed by atoms with E-state index < -0.39 is 0 Å². The van der Waals surface area contributed by atoms with Gasteiger partial charge in [-0.1, -0.05) is 60.7 Å². The fraction of sp³-hybridized carbons (Fsp3) is 0. The highest BCUT2D eigenvalue weighted by atomic mass is 14.8. The molecule has 5 rings (SSSR count). The van der Waals surface area contributed by atoms with Crippen molar-refractivity contribution in [1.82, 2.24) is 15.0 Å². The van der Waals surface area contributed by atoms with E-state index in [2.05, 4.69) is 87.7 Å². The first-order valence-electron chi connectivity index (χ1n) is 9.59. The van der Waals surface area contributed by atoms with E-state index in [1.54, 1.807) is 0 Å². The summed E-state index contributed by atoms with van der Waals surface area (Å²) in [6.45, 7) is 0. The molecule has 3 nitrogen and oxygen atoms in total. The van der Waals surface area contributed by atoms with Crippen molar-refractivity contribution in [2.75, 3.05) is 0 Å². The molecule has 2 aromatic carbocycles. The molecule has 29 heavy (non-hydrogen) atoms. The van der Waals surface area contributed by atoms with Gasteiger partial charge in [0.05, 0.1) is 11.4 Å². The lowest BCUT2D eigenvalue weighted by molar-refractivity contribution is 1.33. The zero-order chi connectivity index (χ0) is 19.5. The lowest BCUT2D eigenvalue weighted by Gasteiger charge is -2.10. The van der Waals surface area contributed by atoms with Crippen LogP contribution in [0.5, 0.6) is 0 Å². The van der Waals surface area contributed by atoms with Crippen LogP contribution in [0.3, 0.4) is 0 Å². The Bertz CT molecular complexity index is 1120. The van der Waals surface area contributed by atoms with E-state index in [0.29, 0.717) is 0 Å². The summed E-state index contributed by atoms with van der Waals surface area (Å²) in [5.74, 6) is 0. The third-order valence-corrected chi connectivity index (χ3v) is 5.06. The molecular formula is C26H19N3. The normalized spacial score (nSPS) is 10.8. The van der Waals surface area contributed by atoms with Gasteiger partial charge in [-0.2, -0.15) is 0 Å². The average Bonchev–Trinajstić information content (AvgIpc) is 3.22. The molecule has 0 atom stereocenters.